The van der Waals surface area contributed by atoms with Gasteiger partial charge in [0.15, 0.2) is 0 Å². The largest absolute Gasteiger partial charge is 0.392 e. The predicted molar refractivity (Wildman–Crippen MR) is 80.0 cm³/mol. The molecule has 0 amide bonds. The van der Waals surface area contributed by atoms with Crippen molar-refractivity contribution >= 4 is 10.0 Å². The Morgan fingerprint density at radius 1 is 1.24 bits per heavy atom. The average Bonchev–Trinajstić information content (AvgIpc) is 2.84. The molecule has 2 N–H and O–H groups in total. The fourth-order valence-electron chi connectivity index (χ4n) is 1.92. The van der Waals surface area contributed by atoms with Crippen LogP contribution in [0.2, 0.25) is 0 Å². The van der Waals surface area contributed by atoms with E-state index in [9.17, 15) is 8.42 Å². The van der Waals surface area contributed by atoms with Crippen molar-refractivity contribution in [3.05, 3.63) is 53.3 Å². The number of sulfonamides is 1. The highest BCUT2D eigenvalue weighted by molar-refractivity contribution is 7.88. The number of aliphatic hydroxyl groups excluding tert-OH is 1. The Hall–Kier alpha value is -1.70. The summed E-state index contributed by atoms with van der Waals surface area (Å²) in [4.78, 5) is 0. The molecule has 0 saturated heterocycles. The first-order valence-corrected chi connectivity index (χ1v) is 8.29. The molecule has 1 aromatic carbocycles. The van der Waals surface area contributed by atoms with Crippen LogP contribution >= 0.6 is 0 Å². The van der Waals surface area contributed by atoms with Gasteiger partial charge in [-0.2, -0.15) is 5.10 Å². The second-order valence-corrected chi connectivity index (χ2v) is 6.72. The Labute approximate surface area is 124 Å². The van der Waals surface area contributed by atoms with E-state index in [1.54, 1.807) is 35.1 Å². The molecule has 7 heteroatoms. The summed E-state index contributed by atoms with van der Waals surface area (Å²) in [6.07, 6.45) is 3.60. The van der Waals surface area contributed by atoms with Crippen LogP contribution in [0.5, 0.6) is 0 Å². The molecule has 114 valence electrons. The maximum Gasteiger partial charge on any atom is 0.215 e. The number of hydrogen-bond acceptors (Lipinski definition) is 4. The molecule has 0 aliphatic heterocycles. The summed E-state index contributed by atoms with van der Waals surface area (Å²) in [7, 11) is -3.37. The van der Waals surface area contributed by atoms with Gasteiger partial charge in [0, 0.05) is 12.7 Å². The van der Waals surface area contributed by atoms with Crippen LogP contribution < -0.4 is 4.72 Å². The fraction of sp³-hybridized carbons (Fsp3) is 0.357. The number of nitrogens with one attached hydrogen (secondary N) is 1. The van der Waals surface area contributed by atoms with Gasteiger partial charge in [-0.1, -0.05) is 24.3 Å². The van der Waals surface area contributed by atoms with E-state index in [4.69, 9.17) is 5.11 Å². The first kappa shape index (κ1) is 15.7. The number of nitrogens with zero attached hydrogens (tertiary/aromatic N) is 2. The van der Waals surface area contributed by atoms with Crippen LogP contribution in [0, 0.1) is 6.92 Å². The van der Waals surface area contributed by atoms with E-state index in [1.165, 1.54) is 0 Å². The van der Waals surface area contributed by atoms with Crippen LogP contribution in [0.25, 0.3) is 0 Å². The third kappa shape index (κ3) is 4.96. The lowest BCUT2D eigenvalue weighted by atomic mass is 10.2. The molecule has 0 radical (unpaired) electrons. The minimum atomic E-state index is -3.37. The molecular formula is C14H19N3O3S. The smallest absolute Gasteiger partial charge is 0.215 e. The summed E-state index contributed by atoms with van der Waals surface area (Å²) in [6, 6.07) is 6.86. The van der Waals surface area contributed by atoms with Crippen molar-refractivity contribution in [2.45, 2.75) is 25.8 Å². The predicted octanol–water partition coefficient (Wildman–Crippen LogP) is 0.803. The van der Waals surface area contributed by atoms with Crippen LogP contribution in [0.1, 0.15) is 16.7 Å². The molecule has 0 bridgehead atoms. The van der Waals surface area contributed by atoms with Crippen LogP contribution in [0.15, 0.2) is 36.7 Å². The highest BCUT2D eigenvalue weighted by atomic mass is 32.2. The SMILES string of the molecule is Cc1cnn(CCNS(=O)(=O)Cc2ccc(CO)cc2)c1. The van der Waals surface area contributed by atoms with Crippen LogP contribution in [-0.2, 0) is 28.9 Å². The zero-order valence-corrected chi connectivity index (χ0v) is 12.7. The summed E-state index contributed by atoms with van der Waals surface area (Å²) in [5.74, 6) is -0.0726. The van der Waals surface area contributed by atoms with Gasteiger partial charge in [-0.15, -0.1) is 0 Å². The lowest BCUT2D eigenvalue weighted by molar-refractivity contribution is 0.282. The van der Waals surface area contributed by atoms with Crippen molar-refractivity contribution in [1.29, 1.82) is 0 Å². The number of hydrogen-bond donors (Lipinski definition) is 2. The third-order valence-electron chi connectivity index (χ3n) is 2.99. The molecule has 0 spiro atoms. The van der Waals surface area contributed by atoms with Crippen molar-refractivity contribution in [2.75, 3.05) is 6.54 Å². The van der Waals surface area contributed by atoms with Crippen molar-refractivity contribution < 1.29 is 13.5 Å². The van der Waals surface area contributed by atoms with E-state index in [-0.39, 0.29) is 12.4 Å². The third-order valence-corrected chi connectivity index (χ3v) is 4.34. The Bertz CT molecular complexity index is 678. The summed E-state index contributed by atoms with van der Waals surface area (Å²) in [5, 5.41) is 13.0. The quantitative estimate of drug-likeness (QED) is 0.792. The highest BCUT2D eigenvalue weighted by Gasteiger charge is 2.11. The van der Waals surface area contributed by atoms with Crippen LogP contribution in [-0.4, -0.2) is 29.8 Å². The molecule has 0 atom stereocenters. The number of aromatic nitrogens is 2. The lowest BCUT2D eigenvalue weighted by Crippen LogP contribution is -2.28. The number of aryl methyl sites for hydroxylation is 1. The number of aliphatic hydroxyl groups is 1. The highest BCUT2D eigenvalue weighted by Crippen LogP contribution is 2.07. The molecule has 21 heavy (non-hydrogen) atoms. The van der Waals surface area contributed by atoms with Crippen LogP contribution in [0.4, 0.5) is 0 Å². The van der Waals surface area contributed by atoms with Gasteiger partial charge in [-0.05, 0) is 23.6 Å². The molecule has 0 fully saturated rings. The molecule has 2 rings (SSSR count). The van der Waals surface area contributed by atoms with Gasteiger partial charge >= 0.3 is 0 Å². The van der Waals surface area contributed by atoms with Gasteiger partial charge in [-0.25, -0.2) is 13.1 Å². The molecular weight excluding hydrogens is 290 g/mol. The first-order valence-electron chi connectivity index (χ1n) is 6.63. The van der Waals surface area contributed by atoms with Gasteiger partial charge in [0.25, 0.3) is 0 Å². The van der Waals surface area contributed by atoms with Gasteiger partial charge in [0.05, 0.1) is 25.1 Å². The maximum atomic E-state index is 12.0. The van der Waals surface area contributed by atoms with Crippen LogP contribution in [0.3, 0.4) is 0 Å². The monoisotopic (exact) mass is 309 g/mol. The van der Waals surface area contributed by atoms with Crippen molar-refractivity contribution in [1.82, 2.24) is 14.5 Å². The second-order valence-electron chi connectivity index (χ2n) is 4.91. The summed E-state index contributed by atoms with van der Waals surface area (Å²) >= 11 is 0. The fourth-order valence-corrected chi connectivity index (χ4v) is 3.05. The topological polar surface area (TPSA) is 84.2 Å². The van der Waals surface area contributed by atoms with Crippen molar-refractivity contribution in [2.24, 2.45) is 0 Å². The normalized spacial score (nSPS) is 11.7. The van der Waals surface area contributed by atoms with Crippen molar-refractivity contribution in [3.63, 3.8) is 0 Å². The van der Waals surface area contributed by atoms with Gasteiger partial charge in [0.2, 0.25) is 10.0 Å². The molecule has 6 nitrogen and oxygen atoms in total. The Morgan fingerprint density at radius 2 is 1.90 bits per heavy atom. The van der Waals surface area contributed by atoms with Gasteiger partial charge < -0.3 is 5.11 Å². The van der Waals surface area contributed by atoms with E-state index in [0.29, 0.717) is 18.7 Å². The van der Waals surface area contributed by atoms with E-state index >= 15 is 0 Å². The molecule has 0 saturated carbocycles. The average molecular weight is 309 g/mol. The van der Waals surface area contributed by atoms with Gasteiger partial charge in [0.1, 0.15) is 0 Å². The summed E-state index contributed by atoms with van der Waals surface area (Å²) in [6.45, 7) is 2.69. The van der Waals surface area contributed by atoms with Crippen molar-refractivity contribution in [3.8, 4) is 0 Å². The standard InChI is InChI=1S/C14H19N3O3S/c1-12-8-15-17(9-12)7-6-16-21(19,20)11-14-4-2-13(10-18)3-5-14/h2-5,8-9,16,18H,6-7,10-11H2,1H3. The van der Waals surface area contributed by atoms with E-state index in [2.05, 4.69) is 9.82 Å². The summed E-state index contributed by atoms with van der Waals surface area (Å²) < 4.78 is 28.2. The zero-order valence-electron chi connectivity index (χ0n) is 11.9. The number of benzene rings is 1. The molecule has 0 aliphatic carbocycles. The molecule has 1 aromatic heterocycles. The minimum Gasteiger partial charge on any atom is -0.392 e. The molecule has 1 heterocycles. The Morgan fingerprint density at radius 3 is 2.48 bits per heavy atom. The van der Waals surface area contributed by atoms with E-state index < -0.39 is 10.0 Å². The van der Waals surface area contributed by atoms with Gasteiger partial charge in [-0.3, -0.25) is 4.68 Å². The zero-order chi connectivity index (χ0) is 15.3. The Kier molecular flexibility index (Phi) is 5.11. The molecule has 0 aliphatic rings. The molecule has 2 aromatic rings. The maximum absolute atomic E-state index is 12.0. The Balaban J connectivity index is 1.86. The summed E-state index contributed by atoms with van der Waals surface area (Å²) in [5.41, 5.74) is 2.50. The second kappa shape index (κ2) is 6.84. The lowest BCUT2D eigenvalue weighted by Gasteiger charge is -2.07. The van der Waals surface area contributed by atoms with E-state index in [1.807, 2.05) is 13.1 Å². The molecule has 0 unspecified atom stereocenters. The number of rotatable bonds is 7. The van der Waals surface area contributed by atoms with E-state index in [0.717, 1.165) is 11.1 Å². The minimum absolute atomic E-state index is 0.0471. The first-order chi connectivity index (χ1) is 9.98.